The molecule has 0 rings (SSSR count). The molecule has 1 N–H and O–H groups in total. The van der Waals surface area contributed by atoms with E-state index >= 15 is 0 Å². The lowest BCUT2D eigenvalue weighted by molar-refractivity contribution is -0.138. The Hall–Kier alpha value is -0.610. The van der Waals surface area contributed by atoms with E-state index in [0.29, 0.717) is 0 Å². The quantitative estimate of drug-likeness (QED) is 0.652. The van der Waals surface area contributed by atoms with E-state index in [4.69, 9.17) is 5.11 Å². The lowest BCUT2D eigenvalue weighted by Crippen LogP contribution is -2.40. The molecule has 0 heterocycles. The van der Waals surface area contributed by atoms with Crippen LogP contribution >= 0.6 is 0 Å². The van der Waals surface area contributed by atoms with Crippen molar-refractivity contribution in [3.8, 4) is 0 Å². The topological polar surface area (TPSA) is 43.8 Å². The van der Waals surface area contributed by atoms with E-state index in [-0.39, 0.29) is 12.5 Å². The van der Waals surface area contributed by atoms with Crippen LogP contribution in [-0.2, 0) is 4.79 Å². The maximum absolute atomic E-state index is 10.6. The smallest absolute Gasteiger partial charge is 0.304 e. The predicted molar refractivity (Wildman–Crippen MR) is 66.7 cm³/mol. The maximum atomic E-state index is 10.6. The Labute approximate surface area is 99.2 Å². The summed E-state index contributed by atoms with van der Waals surface area (Å²) in [6, 6.07) is 0.123. The van der Waals surface area contributed by atoms with Gasteiger partial charge in [-0.3, -0.25) is 9.69 Å². The summed E-state index contributed by atoms with van der Waals surface area (Å²) < 4.78 is 0. The number of nitrogens with zero attached hydrogens (tertiary/aromatic N) is 2. The van der Waals surface area contributed by atoms with Crippen molar-refractivity contribution in [2.24, 2.45) is 0 Å². The Balaban J connectivity index is 4.03. The van der Waals surface area contributed by atoms with Crippen LogP contribution in [-0.4, -0.2) is 59.6 Å². The van der Waals surface area contributed by atoms with Gasteiger partial charge in [0.05, 0.1) is 6.42 Å². The number of hydrogen-bond acceptors (Lipinski definition) is 3. The van der Waals surface area contributed by atoms with Crippen molar-refractivity contribution < 1.29 is 9.90 Å². The maximum Gasteiger partial charge on any atom is 0.304 e. The first kappa shape index (κ1) is 15.4. The van der Waals surface area contributed by atoms with Crippen LogP contribution in [0.3, 0.4) is 0 Å². The average Bonchev–Trinajstić information content (AvgIpc) is 2.23. The Morgan fingerprint density at radius 3 is 2.06 bits per heavy atom. The lowest BCUT2D eigenvalue weighted by atomic mass is 10.2. The van der Waals surface area contributed by atoms with Gasteiger partial charge in [-0.1, -0.05) is 20.8 Å². The molecule has 0 aliphatic rings. The number of likely N-dealkylation sites (N-methyl/N-ethyl adjacent to an activating group) is 2. The summed E-state index contributed by atoms with van der Waals surface area (Å²) in [5.74, 6) is -0.714. The van der Waals surface area contributed by atoms with Crippen LogP contribution in [0.4, 0.5) is 0 Å². The summed E-state index contributed by atoms with van der Waals surface area (Å²) in [5.41, 5.74) is 0. The molecular formula is C12H26N2O2. The molecule has 16 heavy (non-hydrogen) atoms. The van der Waals surface area contributed by atoms with E-state index in [1.165, 1.54) is 0 Å². The molecular weight excluding hydrogens is 204 g/mol. The number of carbonyl (C=O) groups is 1. The number of hydrogen-bond donors (Lipinski definition) is 1. The second-order valence-corrected chi connectivity index (χ2v) is 4.10. The highest BCUT2D eigenvalue weighted by Crippen LogP contribution is 2.04. The summed E-state index contributed by atoms with van der Waals surface area (Å²) in [5, 5.41) is 8.76. The molecule has 96 valence electrons. The first-order chi connectivity index (χ1) is 7.54. The highest BCUT2D eigenvalue weighted by atomic mass is 16.4. The van der Waals surface area contributed by atoms with Crippen LogP contribution in [0.2, 0.25) is 0 Å². The van der Waals surface area contributed by atoms with Gasteiger partial charge in [0.2, 0.25) is 0 Å². The third-order valence-electron chi connectivity index (χ3n) is 3.10. The summed E-state index contributed by atoms with van der Waals surface area (Å²) in [6.45, 7) is 13.4. The second kappa shape index (κ2) is 8.53. The van der Waals surface area contributed by atoms with Crippen LogP contribution in [0.5, 0.6) is 0 Å². The zero-order valence-electron chi connectivity index (χ0n) is 11.1. The Morgan fingerprint density at radius 2 is 1.69 bits per heavy atom. The van der Waals surface area contributed by atoms with Crippen LogP contribution in [0.25, 0.3) is 0 Å². The van der Waals surface area contributed by atoms with Gasteiger partial charge in [-0.05, 0) is 26.6 Å². The van der Waals surface area contributed by atoms with Gasteiger partial charge in [0.15, 0.2) is 0 Å². The van der Waals surface area contributed by atoms with E-state index in [0.717, 1.165) is 32.7 Å². The van der Waals surface area contributed by atoms with Gasteiger partial charge in [0.25, 0.3) is 0 Å². The molecule has 0 aliphatic carbocycles. The van der Waals surface area contributed by atoms with Crippen LogP contribution in [0, 0.1) is 0 Å². The molecule has 0 saturated heterocycles. The third-order valence-corrected chi connectivity index (χ3v) is 3.10. The highest BCUT2D eigenvalue weighted by Gasteiger charge is 2.15. The minimum atomic E-state index is -0.714. The molecule has 1 atom stereocenters. The average molecular weight is 230 g/mol. The normalized spacial score (nSPS) is 13.4. The number of aliphatic carboxylic acids is 1. The van der Waals surface area contributed by atoms with Gasteiger partial charge < -0.3 is 10.0 Å². The molecule has 0 fully saturated rings. The third kappa shape index (κ3) is 6.08. The molecule has 0 amide bonds. The van der Waals surface area contributed by atoms with Crippen molar-refractivity contribution in [2.45, 2.75) is 40.2 Å². The standard InChI is InChI=1S/C12H26N2O2/c1-5-13(6-2)8-9-14(7-3)11(4)10-12(15)16/h11H,5-10H2,1-4H3,(H,15,16). The fourth-order valence-corrected chi connectivity index (χ4v) is 1.88. The van der Waals surface area contributed by atoms with Gasteiger partial charge in [-0.25, -0.2) is 0 Å². The number of rotatable bonds is 9. The van der Waals surface area contributed by atoms with Crippen molar-refractivity contribution in [2.75, 3.05) is 32.7 Å². The first-order valence-corrected chi connectivity index (χ1v) is 6.23. The van der Waals surface area contributed by atoms with Crippen molar-refractivity contribution in [3.63, 3.8) is 0 Å². The first-order valence-electron chi connectivity index (χ1n) is 6.23. The van der Waals surface area contributed by atoms with Crippen LogP contribution in [0.1, 0.15) is 34.1 Å². The SMILES string of the molecule is CCN(CC)CCN(CC)C(C)CC(=O)O. The zero-order chi connectivity index (χ0) is 12.6. The largest absolute Gasteiger partial charge is 0.481 e. The molecule has 0 radical (unpaired) electrons. The molecule has 0 saturated carbocycles. The van der Waals surface area contributed by atoms with Gasteiger partial charge in [-0.15, -0.1) is 0 Å². The zero-order valence-corrected chi connectivity index (χ0v) is 11.1. The molecule has 1 unspecified atom stereocenters. The van der Waals surface area contributed by atoms with Gasteiger partial charge in [0.1, 0.15) is 0 Å². The van der Waals surface area contributed by atoms with Gasteiger partial charge in [-0.2, -0.15) is 0 Å². The van der Waals surface area contributed by atoms with E-state index in [2.05, 4.69) is 30.6 Å². The van der Waals surface area contributed by atoms with E-state index in [9.17, 15) is 4.79 Å². The Kier molecular flexibility index (Phi) is 8.21. The number of carboxylic acid groups (broad SMARTS) is 1. The fraction of sp³-hybridized carbons (Fsp3) is 0.917. The molecule has 0 aliphatic heterocycles. The molecule has 0 spiro atoms. The molecule has 4 heteroatoms. The van der Waals surface area contributed by atoms with Crippen molar-refractivity contribution in [3.05, 3.63) is 0 Å². The Bertz CT molecular complexity index is 193. The van der Waals surface area contributed by atoms with Crippen LogP contribution in [0.15, 0.2) is 0 Å². The van der Waals surface area contributed by atoms with E-state index in [1.807, 2.05) is 6.92 Å². The van der Waals surface area contributed by atoms with Crippen molar-refractivity contribution >= 4 is 5.97 Å². The van der Waals surface area contributed by atoms with Gasteiger partial charge in [0, 0.05) is 19.1 Å². The second-order valence-electron chi connectivity index (χ2n) is 4.10. The summed E-state index contributed by atoms with van der Waals surface area (Å²) >= 11 is 0. The number of carboxylic acids is 1. The Morgan fingerprint density at radius 1 is 1.12 bits per heavy atom. The minimum Gasteiger partial charge on any atom is -0.481 e. The minimum absolute atomic E-state index is 0.123. The lowest BCUT2D eigenvalue weighted by Gasteiger charge is -2.29. The van der Waals surface area contributed by atoms with E-state index in [1.54, 1.807) is 0 Å². The summed E-state index contributed by atoms with van der Waals surface area (Å²) in [7, 11) is 0. The monoisotopic (exact) mass is 230 g/mol. The van der Waals surface area contributed by atoms with Crippen molar-refractivity contribution in [1.29, 1.82) is 0 Å². The van der Waals surface area contributed by atoms with E-state index < -0.39 is 5.97 Å². The molecule has 0 aromatic rings. The van der Waals surface area contributed by atoms with Gasteiger partial charge >= 0.3 is 5.97 Å². The highest BCUT2D eigenvalue weighted by molar-refractivity contribution is 5.67. The summed E-state index contributed by atoms with van der Waals surface area (Å²) in [4.78, 5) is 15.2. The molecule has 0 aromatic carbocycles. The van der Waals surface area contributed by atoms with Crippen molar-refractivity contribution in [1.82, 2.24) is 9.80 Å². The predicted octanol–water partition coefficient (Wildman–Crippen LogP) is 1.51. The molecule has 4 nitrogen and oxygen atoms in total. The summed E-state index contributed by atoms with van der Waals surface area (Å²) in [6.07, 6.45) is 0.228. The van der Waals surface area contributed by atoms with Crippen LogP contribution < -0.4 is 0 Å². The molecule has 0 aromatic heterocycles. The fourth-order valence-electron chi connectivity index (χ4n) is 1.88. The molecule has 0 bridgehead atoms.